The first-order valence-electron chi connectivity index (χ1n) is 11.6. The molecule has 30 heavy (non-hydrogen) atoms. The molecule has 1 aromatic carbocycles. The molecule has 1 aromatic rings. The molecular formula is C25H38O5. The van der Waals surface area contributed by atoms with Crippen LogP contribution in [0.1, 0.15) is 63.0 Å². The normalized spacial score (nSPS) is 26.1. The van der Waals surface area contributed by atoms with Crippen LogP contribution in [-0.2, 0) is 27.1 Å². The minimum absolute atomic E-state index is 0.287. The van der Waals surface area contributed by atoms with E-state index in [2.05, 4.69) is 13.0 Å². The summed E-state index contributed by atoms with van der Waals surface area (Å²) >= 11 is 0. The maximum atomic E-state index is 10.9. The maximum Gasteiger partial charge on any atom is 0.341 e. The third kappa shape index (κ3) is 5.55. The van der Waals surface area contributed by atoms with Crippen LogP contribution in [0, 0.1) is 17.8 Å². The van der Waals surface area contributed by atoms with E-state index in [1.54, 1.807) is 0 Å². The Bertz CT molecular complexity index is 688. The second-order valence-electron chi connectivity index (χ2n) is 9.01. The molecule has 5 nitrogen and oxygen atoms in total. The molecule has 5 atom stereocenters. The first-order chi connectivity index (χ1) is 14.6. The molecule has 168 valence electrons. The second kappa shape index (κ2) is 11.1. The van der Waals surface area contributed by atoms with E-state index in [4.69, 9.17) is 19.3 Å². The van der Waals surface area contributed by atoms with Gasteiger partial charge in [0.2, 0.25) is 0 Å². The average molecular weight is 419 g/mol. The van der Waals surface area contributed by atoms with Gasteiger partial charge in [-0.2, -0.15) is 0 Å². The number of aliphatic carboxylic acids is 1. The van der Waals surface area contributed by atoms with E-state index in [0.29, 0.717) is 30.0 Å². The van der Waals surface area contributed by atoms with Crippen molar-refractivity contribution in [1.29, 1.82) is 0 Å². The molecule has 3 rings (SSSR count). The van der Waals surface area contributed by atoms with E-state index >= 15 is 0 Å². The second-order valence-corrected chi connectivity index (χ2v) is 9.01. The van der Waals surface area contributed by atoms with E-state index in [-0.39, 0.29) is 6.61 Å². The van der Waals surface area contributed by atoms with Crippen molar-refractivity contribution in [2.45, 2.75) is 76.9 Å². The van der Waals surface area contributed by atoms with E-state index in [0.717, 1.165) is 44.3 Å². The molecule has 0 spiro atoms. The molecule has 0 aromatic heterocycles. The highest BCUT2D eigenvalue weighted by Gasteiger charge is 2.45. The smallest absolute Gasteiger partial charge is 0.341 e. The zero-order valence-corrected chi connectivity index (χ0v) is 18.8. The SMILES string of the molecule is CCCCC[C@@H](CC[C@@H]1[C@H]2Cc3cccc(OCC(=O)O)c3C[C@H]2C[C@H]1OC)OC. The van der Waals surface area contributed by atoms with E-state index < -0.39 is 5.97 Å². The highest BCUT2D eigenvalue weighted by molar-refractivity contribution is 5.68. The number of carboxylic acid groups (broad SMARTS) is 1. The molecule has 2 aliphatic rings. The van der Waals surface area contributed by atoms with Crippen LogP contribution in [0.25, 0.3) is 0 Å². The summed E-state index contributed by atoms with van der Waals surface area (Å²) in [5, 5.41) is 8.97. The molecule has 0 heterocycles. The molecule has 0 unspecified atom stereocenters. The van der Waals surface area contributed by atoms with Crippen LogP contribution in [-0.4, -0.2) is 44.1 Å². The Balaban J connectivity index is 1.67. The highest BCUT2D eigenvalue weighted by Crippen LogP contribution is 2.49. The third-order valence-corrected chi connectivity index (χ3v) is 7.26. The maximum absolute atomic E-state index is 10.9. The number of rotatable bonds is 12. The largest absolute Gasteiger partial charge is 0.482 e. The fourth-order valence-corrected chi connectivity index (χ4v) is 5.70. The van der Waals surface area contributed by atoms with Gasteiger partial charge in [0.15, 0.2) is 6.61 Å². The number of methoxy groups -OCH3 is 2. The van der Waals surface area contributed by atoms with Crippen molar-refractivity contribution < 1.29 is 24.1 Å². The van der Waals surface area contributed by atoms with Crippen LogP contribution in [0.4, 0.5) is 0 Å². The first kappa shape index (κ1) is 23.1. The molecule has 0 bridgehead atoms. The molecule has 1 fully saturated rings. The lowest BCUT2D eigenvalue weighted by Crippen LogP contribution is -2.28. The number of hydrogen-bond acceptors (Lipinski definition) is 4. The van der Waals surface area contributed by atoms with Gasteiger partial charge < -0.3 is 19.3 Å². The first-order valence-corrected chi connectivity index (χ1v) is 11.6. The summed E-state index contributed by atoms with van der Waals surface area (Å²) in [5.74, 6) is 1.54. The van der Waals surface area contributed by atoms with Crippen molar-refractivity contribution in [2.24, 2.45) is 17.8 Å². The molecule has 0 aliphatic heterocycles. The van der Waals surface area contributed by atoms with E-state index in [9.17, 15) is 4.79 Å². The Hall–Kier alpha value is -1.59. The van der Waals surface area contributed by atoms with E-state index in [1.807, 2.05) is 26.4 Å². The zero-order valence-electron chi connectivity index (χ0n) is 18.8. The Morgan fingerprint density at radius 1 is 1.20 bits per heavy atom. The van der Waals surface area contributed by atoms with Crippen LogP contribution >= 0.6 is 0 Å². The molecule has 1 saturated carbocycles. The summed E-state index contributed by atoms with van der Waals surface area (Å²) in [5.41, 5.74) is 2.51. The fraction of sp³-hybridized carbons (Fsp3) is 0.720. The standard InChI is InChI=1S/C25H38O5/c1-4-5-6-9-19(28-2)11-12-20-21-13-17-8-7-10-23(30-16-25(26)27)22(17)14-18(21)15-24(20)29-3/h7-8,10,18-21,24H,4-6,9,11-16H2,1-3H3,(H,26,27)/t18-,19-,20+,21-,24+/m0/s1. The van der Waals surface area contributed by atoms with Gasteiger partial charge in [0.25, 0.3) is 0 Å². The molecule has 2 aliphatic carbocycles. The van der Waals surface area contributed by atoms with Crippen LogP contribution in [0.2, 0.25) is 0 Å². The number of benzene rings is 1. The van der Waals surface area contributed by atoms with Gasteiger partial charge in [-0.3, -0.25) is 0 Å². The fourth-order valence-electron chi connectivity index (χ4n) is 5.70. The van der Waals surface area contributed by atoms with Crippen molar-refractivity contribution in [3.63, 3.8) is 0 Å². The van der Waals surface area contributed by atoms with Crippen molar-refractivity contribution in [3.05, 3.63) is 29.3 Å². The minimum atomic E-state index is -0.937. The summed E-state index contributed by atoms with van der Waals surface area (Å²) in [4.78, 5) is 10.9. The van der Waals surface area contributed by atoms with Gasteiger partial charge >= 0.3 is 5.97 Å². The predicted molar refractivity (Wildman–Crippen MR) is 117 cm³/mol. The Labute approximate surface area is 181 Å². The Morgan fingerprint density at radius 2 is 2.03 bits per heavy atom. The van der Waals surface area contributed by atoms with Crippen LogP contribution < -0.4 is 4.74 Å². The van der Waals surface area contributed by atoms with Crippen LogP contribution in [0.15, 0.2) is 18.2 Å². The lowest BCUT2D eigenvalue weighted by molar-refractivity contribution is -0.139. The summed E-state index contributed by atoms with van der Waals surface area (Å²) < 4.78 is 17.3. The van der Waals surface area contributed by atoms with Crippen molar-refractivity contribution in [1.82, 2.24) is 0 Å². The van der Waals surface area contributed by atoms with Gasteiger partial charge in [0.05, 0.1) is 12.2 Å². The number of unbranched alkanes of at least 4 members (excludes halogenated alkanes) is 2. The highest BCUT2D eigenvalue weighted by atomic mass is 16.5. The summed E-state index contributed by atoms with van der Waals surface area (Å²) in [6.07, 6.45) is 10.9. The van der Waals surface area contributed by atoms with Crippen molar-refractivity contribution in [3.8, 4) is 5.75 Å². The summed E-state index contributed by atoms with van der Waals surface area (Å²) in [7, 11) is 3.69. The lowest BCUT2D eigenvalue weighted by Gasteiger charge is -2.33. The van der Waals surface area contributed by atoms with Gasteiger partial charge in [0.1, 0.15) is 5.75 Å². The number of carbonyl (C=O) groups is 1. The summed E-state index contributed by atoms with van der Waals surface area (Å²) in [6.45, 7) is 1.95. The zero-order chi connectivity index (χ0) is 21.5. The van der Waals surface area contributed by atoms with Gasteiger partial charge in [-0.25, -0.2) is 4.79 Å². The number of hydrogen-bond donors (Lipinski definition) is 1. The van der Waals surface area contributed by atoms with Gasteiger partial charge in [-0.05, 0) is 73.5 Å². The van der Waals surface area contributed by atoms with Gasteiger partial charge in [-0.1, -0.05) is 38.3 Å². The van der Waals surface area contributed by atoms with Crippen molar-refractivity contribution >= 4 is 5.97 Å². The molecule has 0 saturated heterocycles. The molecular weight excluding hydrogens is 380 g/mol. The third-order valence-electron chi connectivity index (χ3n) is 7.26. The quantitative estimate of drug-likeness (QED) is 0.490. The molecule has 1 N–H and O–H groups in total. The molecule has 5 heteroatoms. The number of fused-ring (bicyclic) bond motifs is 2. The number of ether oxygens (including phenoxy) is 3. The van der Waals surface area contributed by atoms with Gasteiger partial charge in [0, 0.05) is 14.2 Å². The minimum Gasteiger partial charge on any atom is -0.482 e. The van der Waals surface area contributed by atoms with Crippen LogP contribution in [0.3, 0.4) is 0 Å². The predicted octanol–water partition coefficient (Wildman–Crippen LogP) is 4.89. The summed E-state index contributed by atoms with van der Waals surface area (Å²) in [6, 6.07) is 6.07. The Kier molecular flexibility index (Phi) is 8.58. The van der Waals surface area contributed by atoms with Crippen molar-refractivity contribution in [2.75, 3.05) is 20.8 Å². The molecule has 0 radical (unpaired) electrons. The average Bonchev–Trinajstić information content (AvgIpc) is 3.09. The monoisotopic (exact) mass is 418 g/mol. The number of carboxylic acids is 1. The topological polar surface area (TPSA) is 65.0 Å². The molecule has 0 amide bonds. The van der Waals surface area contributed by atoms with Crippen LogP contribution in [0.5, 0.6) is 5.75 Å². The Morgan fingerprint density at radius 3 is 2.73 bits per heavy atom. The van der Waals surface area contributed by atoms with Gasteiger partial charge in [-0.15, -0.1) is 0 Å². The lowest BCUT2D eigenvalue weighted by atomic mass is 9.73. The van der Waals surface area contributed by atoms with E-state index in [1.165, 1.54) is 30.4 Å².